The van der Waals surface area contributed by atoms with Crippen LogP contribution in [0.25, 0.3) is 11.2 Å². The molecule has 1 fully saturated rings. The molecular weight excluding hydrogens is 338 g/mol. The Morgan fingerprint density at radius 3 is 2.85 bits per heavy atom. The van der Waals surface area contributed by atoms with Crippen LogP contribution in [0.1, 0.15) is 20.1 Å². The first kappa shape index (κ1) is 18.3. The fourth-order valence-corrected chi connectivity index (χ4v) is 2.85. The molecule has 0 aromatic carbocycles. The van der Waals surface area contributed by atoms with Crippen LogP contribution in [0.3, 0.4) is 0 Å². The molecule has 4 atom stereocenters. The van der Waals surface area contributed by atoms with E-state index in [-0.39, 0.29) is 0 Å². The van der Waals surface area contributed by atoms with Gasteiger partial charge in [-0.15, -0.1) is 6.42 Å². The molecule has 26 heavy (non-hydrogen) atoms. The van der Waals surface area contributed by atoms with Gasteiger partial charge in [0.2, 0.25) is 0 Å². The van der Waals surface area contributed by atoms with Crippen LogP contribution >= 0.6 is 0 Å². The van der Waals surface area contributed by atoms with Gasteiger partial charge >= 0.3 is 0 Å². The number of hydrogen-bond donors (Lipinski definition) is 4. The minimum absolute atomic E-state index is 0.404. The van der Waals surface area contributed by atoms with E-state index in [9.17, 15) is 15.3 Å². The smallest absolute Gasteiger partial charge is 0.183 e. The second kappa shape index (κ2) is 7.01. The first-order chi connectivity index (χ1) is 12.4. The molecule has 9 nitrogen and oxygen atoms in total. The van der Waals surface area contributed by atoms with E-state index in [1.807, 2.05) is 19.9 Å². The average molecular weight is 359 g/mol. The van der Waals surface area contributed by atoms with Crippen LogP contribution < -0.4 is 5.32 Å². The highest BCUT2D eigenvalue weighted by atomic mass is 16.6. The fourth-order valence-electron chi connectivity index (χ4n) is 2.85. The van der Waals surface area contributed by atoms with Gasteiger partial charge < -0.3 is 25.4 Å². The number of nitrogens with zero attached hydrogens (tertiary/aromatic N) is 4. The number of allylic oxidation sites excluding steroid dienone is 1. The summed E-state index contributed by atoms with van der Waals surface area (Å²) in [5.74, 6) is 2.65. The predicted molar refractivity (Wildman–Crippen MR) is 94.0 cm³/mol. The van der Waals surface area contributed by atoms with Crippen molar-refractivity contribution >= 4 is 17.0 Å². The quantitative estimate of drug-likeness (QED) is 0.428. The third-order valence-corrected chi connectivity index (χ3v) is 4.33. The second-order valence-corrected chi connectivity index (χ2v) is 6.32. The van der Waals surface area contributed by atoms with E-state index < -0.39 is 30.6 Å². The van der Waals surface area contributed by atoms with Gasteiger partial charge in [0, 0.05) is 6.54 Å². The number of rotatable bonds is 5. The third kappa shape index (κ3) is 2.93. The minimum atomic E-state index is -2.01. The molecule has 0 bridgehead atoms. The fraction of sp³-hybridized carbons (Fsp3) is 0.471. The molecule has 3 rings (SSSR count). The number of aliphatic hydroxyl groups excluding tert-OH is 2. The lowest BCUT2D eigenvalue weighted by Gasteiger charge is -2.23. The number of fused-ring (bicyclic) bond motifs is 1. The second-order valence-electron chi connectivity index (χ2n) is 6.32. The number of aliphatic hydroxyl groups is 3. The Kier molecular flexibility index (Phi) is 4.93. The van der Waals surface area contributed by atoms with Crippen molar-refractivity contribution in [3.05, 3.63) is 24.3 Å². The minimum Gasteiger partial charge on any atom is -0.394 e. The van der Waals surface area contributed by atoms with Crippen LogP contribution in [0.4, 0.5) is 5.82 Å². The number of terminal acetylenes is 1. The van der Waals surface area contributed by atoms with E-state index in [1.54, 1.807) is 0 Å². The number of hydrogen-bond acceptors (Lipinski definition) is 8. The lowest BCUT2D eigenvalue weighted by molar-refractivity contribution is -0.0605. The number of imidazole rings is 1. The zero-order valence-corrected chi connectivity index (χ0v) is 14.5. The van der Waals surface area contributed by atoms with Gasteiger partial charge in [-0.3, -0.25) is 4.57 Å². The number of anilines is 1. The number of aromatic nitrogens is 4. The number of ether oxygens (including phenoxy) is 1. The monoisotopic (exact) mass is 359 g/mol. The highest BCUT2D eigenvalue weighted by Gasteiger charge is 2.55. The van der Waals surface area contributed by atoms with Crippen LogP contribution in [0.5, 0.6) is 0 Å². The average Bonchev–Trinajstić information content (AvgIpc) is 3.15. The van der Waals surface area contributed by atoms with Crippen molar-refractivity contribution in [2.45, 2.75) is 37.9 Å². The van der Waals surface area contributed by atoms with E-state index in [0.29, 0.717) is 23.5 Å². The molecule has 0 radical (unpaired) electrons. The molecular formula is C17H21N5O4. The Morgan fingerprint density at radius 1 is 1.46 bits per heavy atom. The third-order valence-electron chi connectivity index (χ3n) is 4.33. The molecule has 1 aliphatic rings. The Balaban J connectivity index is 1.95. The van der Waals surface area contributed by atoms with E-state index >= 15 is 0 Å². The summed E-state index contributed by atoms with van der Waals surface area (Å²) < 4.78 is 7.04. The van der Waals surface area contributed by atoms with Crippen molar-refractivity contribution in [2.24, 2.45) is 0 Å². The van der Waals surface area contributed by atoms with E-state index in [2.05, 4.69) is 26.2 Å². The van der Waals surface area contributed by atoms with Gasteiger partial charge in [0.25, 0.3) is 0 Å². The van der Waals surface area contributed by atoms with Crippen LogP contribution in [-0.2, 0) is 4.74 Å². The summed E-state index contributed by atoms with van der Waals surface area (Å²) in [5.41, 5.74) is 0.0522. The topological polar surface area (TPSA) is 126 Å². The zero-order chi connectivity index (χ0) is 18.9. The molecule has 1 aliphatic heterocycles. The van der Waals surface area contributed by atoms with Gasteiger partial charge in [0.05, 0.1) is 12.9 Å². The molecule has 2 aromatic rings. The van der Waals surface area contributed by atoms with E-state index in [0.717, 1.165) is 0 Å². The maximum atomic E-state index is 10.5. The standard InChI is InChI=1S/C17H21N5O4/c1-4-17(25)11(7-23)26-16(13(17)24)22-9-21-12-14(18-6-5-10(2)3)19-8-20-15(12)22/h1,5,8-9,11,13,16,23-25H,6-7H2,2-3H3,(H,18,19,20)/t11-,13?,16-,17-/m1/s1. The molecule has 3 heterocycles. The van der Waals surface area contributed by atoms with Gasteiger partial charge in [-0.05, 0) is 13.8 Å². The molecule has 0 amide bonds. The summed E-state index contributed by atoms with van der Waals surface area (Å²) in [6.45, 7) is 4.03. The van der Waals surface area contributed by atoms with Crippen LogP contribution in [0.15, 0.2) is 24.3 Å². The van der Waals surface area contributed by atoms with E-state index in [4.69, 9.17) is 11.2 Å². The van der Waals surface area contributed by atoms with Gasteiger partial charge in [-0.1, -0.05) is 17.6 Å². The maximum absolute atomic E-state index is 10.5. The summed E-state index contributed by atoms with van der Waals surface area (Å²) in [6.07, 6.45) is 6.51. The molecule has 4 N–H and O–H groups in total. The largest absolute Gasteiger partial charge is 0.394 e. The molecule has 0 spiro atoms. The first-order valence-electron chi connectivity index (χ1n) is 8.11. The molecule has 1 saturated heterocycles. The Bertz CT molecular complexity index is 870. The van der Waals surface area contributed by atoms with Crippen molar-refractivity contribution in [1.29, 1.82) is 0 Å². The highest BCUT2D eigenvalue weighted by Crippen LogP contribution is 2.38. The molecule has 138 valence electrons. The van der Waals surface area contributed by atoms with Gasteiger partial charge in [0.1, 0.15) is 18.5 Å². The lowest BCUT2D eigenvalue weighted by Crippen LogP contribution is -2.47. The van der Waals surface area contributed by atoms with Crippen molar-refractivity contribution in [3.63, 3.8) is 0 Å². The highest BCUT2D eigenvalue weighted by molar-refractivity contribution is 5.82. The predicted octanol–water partition coefficient (Wildman–Crippen LogP) is -0.181. The first-order valence-corrected chi connectivity index (χ1v) is 8.11. The Morgan fingerprint density at radius 2 is 2.23 bits per heavy atom. The number of nitrogens with one attached hydrogen (secondary N) is 1. The van der Waals surface area contributed by atoms with Gasteiger partial charge in [-0.25, -0.2) is 15.0 Å². The van der Waals surface area contributed by atoms with Crippen LogP contribution in [-0.4, -0.2) is 65.8 Å². The van der Waals surface area contributed by atoms with Crippen LogP contribution in [0.2, 0.25) is 0 Å². The normalized spacial score (nSPS) is 28.1. The molecule has 9 heteroatoms. The van der Waals surface area contributed by atoms with Crippen molar-refractivity contribution in [1.82, 2.24) is 19.5 Å². The van der Waals surface area contributed by atoms with E-state index in [1.165, 1.54) is 22.8 Å². The summed E-state index contributed by atoms with van der Waals surface area (Å²) in [5, 5.41) is 33.5. The molecule has 1 unspecified atom stereocenters. The maximum Gasteiger partial charge on any atom is 0.183 e. The Hall–Kier alpha value is -2.51. The summed E-state index contributed by atoms with van der Waals surface area (Å²) >= 11 is 0. The van der Waals surface area contributed by atoms with Crippen molar-refractivity contribution < 1.29 is 20.1 Å². The van der Waals surface area contributed by atoms with Crippen molar-refractivity contribution in [2.75, 3.05) is 18.5 Å². The SMILES string of the molecule is C#C[C@]1(O)C(O)[C@H](n2cnc3c(NCC=C(C)C)ncnc32)O[C@@H]1CO. The van der Waals surface area contributed by atoms with Gasteiger partial charge in [0.15, 0.2) is 28.8 Å². The molecule has 0 aliphatic carbocycles. The zero-order valence-electron chi connectivity index (χ0n) is 14.5. The lowest BCUT2D eigenvalue weighted by atomic mass is 9.93. The summed E-state index contributed by atoms with van der Waals surface area (Å²) in [7, 11) is 0. The van der Waals surface area contributed by atoms with Crippen LogP contribution in [0, 0.1) is 12.3 Å². The molecule has 2 aromatic heterocycles. The summed E-state index contributed by atoms with van der Waals surface area (Å²) in [6, 6.07) is 0. The Labute approximate surface area is 150 Å². The van der Waals surface area contributed by atoms with Gasteiger partial charge in [-0.2, -0.15) is 0 Å². The molecule has 0 saturated carbocycles. The summed E-state index contributed by atoms with van der Waals surface area (Å²) in [4.78, 5) is 12.7. The van der Waals surface area contributed by atoms with Crippen molar-refractivity contribution in [3.8, 4) is 12.3 Å².